The molecule has 1 amide bonds. The van der Waals surface area contributed by atoms with Crippen molar-refractivity contribution in [1.29, 1.82) is 0 Å². The van der Waals surface area contributed by atoms with Gasteiger partial charge in [-0.15, -0.1) is 0 Å². The Hall–Kier alpha value is -2.99. The van der Waals surface area contributed by atoms with Crippen LogP contribution in [0.1, 0.15) is 11.1 Å². The number of hydrogen-bond donors (Lipinski definition) is 2. The van der Waals surface area contributed by atoms with Crippen molar-refractivity contribution in [1.82, 2.24) is 4.98 Å². The van der Waals surface area contributed by atoms with Crippen molar-refractivity contribution in [2.45, 2.75) is 19.4 Å². The highest BCUT2D eigenvalue weighted by atomic mass is 19.1. The van der Waals surface area contributed by atoms with E-state index < -0.39 is 11.9 Å². The molecule has 0 saturated heterocycles. The molecule has 0 aliphatic rings. The number of carbonyl (C=O) groups excluding carboxylic acids is 1. The number of furan rings is 1. The predicted molar refractivity (Wildman–Crippen MR) is 93.4 cm³/mol. The van der Waals surface area contributed by atoms with E-state index in [1.807, 2.05) is 19.1 Å². The van der Waals surface area contributed by atoms with Crippen LogP contribution in [0.3, 0.4) is 0 Å². The number of hydrogen-bond acceptors (Lipinski definition) is 4. The summed E-state index contributed by atoms with van der Waals surface area (Å²) in [6, 6.07) is 7.97. The first-order valence-corrected chi connectivity index (χ1v) is 7.82. The van der Waals surface area contributed by atoms with Gasteiger partial charge in [-0.25, -0.2) is 4.39 Å². The van der Waals surface area contributed by atoms with Crippen LogP contribution < -0.4 is 11.1 Å². The second kappa shape index (κ2) is 7.27. The molecule has 0 bridgehead atoms. The Balaban J connectivity index is 1.77. The molecule has 2 aromatic heterocycles. The number of aryl methyl sites for hydroxylation is 1. The minimum atomic E-state index is -0.698. The van der Waals surface area contributed by atoms with Crippen LogP contribution in [0.5, 0.6) is 0 Å². The Morgan fingerprint density at radius 2 is 2.12 bits per heavy atom. The summed E-state index contributed by atoms with van der Waals surface area (Å²) in [6.07, 6.45) is 6.21. The third-order valence-electron chi connectivity index (χ3n) is 3.91. The first-order chi connectivity index (χ1) is 12.0. The van der Waals surface area contributed by atoms with Crippen LogP contribution in [0.2, 0.25) is 0 Å². The van der Waals surface area contributed by atoms with Gasteiger partial charge in [0.1, 0.15) is 5.82 Å². The maximum Gasteiger partial charge on any atom is 0.241 e. The lowest BCUT2D eigenvalue weighted by molar-refractivity contribution is -0.117. The molecule has 1 atom stereocenters. The molecule has 1 unspecified atom stereocenters. The van der Waals surface area contributed by atoms with Gasteiger partial charge in [0, 0.05) is 17.4 Å². The lowest BCUT2D eigenvalue weighted by Gasteiger charge is -2.14. The Morgan fingerprint density at radius 1 is 1.28 bits per heavy atom. The van der Waals surface area contributed by atoms with Gasteiger partial charge in [0.15, 0.2) is 0 Å². The fourth-order valence-corrected chi connectivity index (χ4v) is 2.49. The largest absolute Gasteiger partial charge is 0.472 e. The maximum absolute atomic E-state index is 13.4. The van der Waals surface area contributed by atoms with E-state index in [-0.39, 0.29) is 5.91 Å². The number of amides is 1. The third kappa shape index (κ3) is 4.10. The zero-order valence-electron chi connectivity index (χ0n) is 13.7. The molecule has 0 saturated carbocycles. The summed E-state index contributed by atoms with van der Waals surface area (Å²) in [4.78, 5) is 16.2. The second-order valence-corrected chi connectivity index (χ2v) is 5.85. The molecule has 6 heteroatoms. The monoisotopic (exact) mass is 339 g/mol. The molecule has 0 radical (unpaired) electrons. The molecule has 0 spiro atoms. The van der Waals surface area contributed by atoms with Gasteiger partial charge >= 0.3 is 0 Å². The van der Waals surface area contributed by atoms with Crippen molar-refractivity contribution in [2.75, 3.05) is 5.32 Å². The first-order valence-electron chi connectivity index (χ1n) is 7.82. The number of nitrogens with zero attached hydrogens (tertiary/aromatic N) is 1. The van der Waals surface area contributed by atoms with E-state index in [1.165, 1.54) is 6.07 Å². The lowest BCUT2D eigenvalue weighted by Crippen LogP contribution is -2.37. The molecule has 0 aliphatic heterocycles. The normalized spacial score (nSPS) is 12.0. The van der Waals surface area contributed by atoms with Crippen molar-refractivity contribution in [3.05, 3.63) is 72.2 Å². The van der Waals surface area contributed by atoms with Gasteiger partial charge in [-0.2, -0.15) is 0 Å². The number of nitrogens with two attached hydrogens (primary N) is 1. The fourth-order valence-electron chi connectivity index (χ4n) is 2.49. The molecular weight excluding hydrogens is 321 g/mol. The fraction of sp³-hybridized carbons (Fsp3) is 0.158. The Morgan fingerprint density at radius 3 is 2.84 bits per heavy atom. The number of carbonyl (C=O) groups is 1. The molecule has 3 N–H and O–H groups in total. The van der Waals surface area contributed by atoms with Crippen molar-refractivity contribution in [2.24, 2.45) is 5.73 Å². The standard InChI is InChI=1S/C19H18FN3O2/c1-12-2-3-14(15-7-16(20)10-22-9-15)8-18(12)23-19(24)17(21)6-13-4-5-25-11-13/h2-5,7-11,17H,6,21H2,1H3,(H,23,24). The van der Waals surface area contributed by atoms with Crippen LogP contribution in [-0.4, -0.2) is 16.9 Å². The van der Waals surface area contributed by atoms with Crippen LogP contribution >= 0.6 is 0 Å². The van der Waals surface area contributed by atoms with Gasteiger partial charge in [0.25, 0.3) is 0 Å². The molecular formula is C19H18FN3O2. The number of anilines is 1. The highest BCUT2D eigenvalue weighted by molar-refractivity contribution is 5.96. The summed E-state index contributed by atoms with van der Waals surface area (Å²) in [6.45, 7) is 1.88. The van der Waals surface area contributed by atoms with Crippen LogP contribution in [-0.2, 0) is 11.2 Å². The number of benzene rings is 1. The van der Waals surface area contributed by atoms with Gasteiger partial charge in [-0.1, -0.05) is 12.1 Å². The van der Waals surface area contributed by atoms with E-state index in [1.54, 1.807) is 30.9 Å². The summed E-state index contributed by atoms with van der Waals surface area (Å²) in [5.41, 5.74) is 9.74. The first kappa shape index (κ1) is 16.9. The predicted octanol–water partition coefficient (Wildman–Crippen LogP) is 3.30. The van der Waals surface area contributed by atoms with E-state index in [4.69, 9.17) is 10.2 Å². The molecule has 0 fully saturated rings. The maximum atomic E-state index is 13.4. The summed E-state index contributed by atoms with van der Waals surface area (Å²) < 4.78 is 18.4. The van der Waals surface area contributed by atoms with E-state index in [2.05, 4.69) is 10.3 Å². The van der Waals surface area contributed by atoms with Crippen molar-refractivity contribution in [3.63, 3.8) is 0 Å². The number of rotatable bonds is 5. The average Bonchev–Trinajstić information content (AvgIpc) is 3.09. The molecule has 5 nitrogen and oxygen atoms in total. The highest BCUT2D eigenvalue weighted by Gasteiger charge is 2.16. The molecule has 25 heavy (non-hydrogen) atoms. The summed E-state index contributed by atoms with van der Waals surface area (Å²) in [5, 5.41) is 2.84. The second-order valence-electron chi connectivity index (χ2n) is 5.85. The SMILES string of the molecule is Cc1ccc(-c2cncc(F)c2)cc1NC(=O)C(N)Cc1ccoc1. The Bertz CT molecular complexity index is 878. The average molecular weight is 339 g/mol. The Labute approximate surface area is 144 Å². The van der Waals surface area contributed by atoms with Gasteiger partial charge < -0.3 is 15.5 Å². The van der Waals surface area contributed by atoms with Gasteiger partial charge in [-0.05, 0) is 48.2 Å². The van der Waals surface area contributed by atoms with Crippen LogP contribution in [0, 0.1) is 12.7 Å². The summed E-state index contributed by atoms with van der Waals surface area (Å²) >= 11 is 0. The van der Waals surface area contributed by atoms with Gasteiger partial charge in [-0.3, -0.25) is 9.78 Å². The molecule has 128 valence electrons. The smallest absolute Gasteiger partial charge is 0.241 e. The zero-order chi connectivity index (χ0) is 17.8. The van der Waals surface area contributed by atoms with Crippen LogP contribution in [0.4, 0.5) is 10.1 Å². The van der Waals surface area contributed by atoms with E-state index in [0.717, 1.165) is 22.9 Å². The van der Waals surface area contributed by atoms with E-state index in [0.29, 0.717) is 17.7 Å². The summed E-state index contributed by atoms with van der Waals surface area (Å²) in [5.74, 6) is -0.704. The number of nitrogens with one attached hydrogen (secondary N) is 1. The molecule has 3 aromatic rings. The van der Waals surface area contributed by atoms with E-state index in [9.17, 15) is 9.18 Å². The minimum absolute atomic E-state index is 0.293. The number of pyridine rings is 1. The highest BCUT2D eigenvalue weighted by Crippen LogP contribution is 2.25. The summed E-state index contributed by atoms with van der Waals surface area (Å²) in [7, 11) is 0. The number of aromatic nitrogens is 1. The molecule has 3 rings (SSSR count). The van der Waals surface area contributed by atoms with Crippen molar-refractivity contribution >= 4 is 11.6 Å². The van der Waals surface area contributed by atoms with Crippen LogP contribution in [0.25, 0.3) is 11.1 Å². The van der Waals surface area contributed by atoms with Gasteiger partial charge in [0.2, 0.25) is 5.91 Å². The van der Waals surface area contributed by atoms with Crippen molar-refractivity contribution in [3.8, 4) is 11.1 Å². The molecule has 1 aromatic carbocycles. The lowest BCUT2D eigenvalue weighted by atomic mass is 10.0. The van der Waals surface area contributed by atoms with E-state index >= 15 is 0 Å². The zero-order valence-corrected chi connectivity index (χ0v) is 13.7. The molecule has 2 heterocycles. The minimum Gasteiger partial charge on any atom is -0.472 e. The topological polar surface area (TPSA) is 81.2 Å². The third-order valence-corrected chi connectivity index (χ3v) is 3.91. The molecule has 0 aliphatic carbocycles. The van der Waals surface area contributed by atoms with Gasteiger partial charge in [0.05, 0.1) is 24.8 Å². The van der Waals surface area contributed by atoms with Crippen molar-refractivity contribution < 1.29 is 13.6 Å². The number of halogens is 1. The Kier molecular flexibility index (Phi) is 4.90. The quantitative estimate of drug-likeness (QED) is 0.747. The van der Waals surface area contributed by atoms with Crippen LogP contribution in [0.15, 0.2) is 59.7 Å².